The second-order valence-electron chi connectivity index (χ2n) is 10.2. The van der Waals surface area contributed by atoms with Crippen molar-refractivity contribution in [3.63, 3.8) is 0 Å². The van der Waals surface area contributed by atoms with E-state index in [9.17, 15) is 17.6 Å². The average Bonchev–Trinajstić information content (AvgIpc) is 2.98. The lowest BCUT2D eigenvalue weighted by atomic mass is 9.96. The van der Waals surface area contributed by atoms with Crippen LogP contribution in [-0.2, 0) is 12.5 Å². The van der Waals surface area contributed by atoms with Crippen molar-refractivity contribution >= 4 is 0 Å². The summed E-state index contributed by atoms with van der Waals surface area (Å²) in [4.78, 5) is 0. The van der Waals surface area contributed by atoms with Gasteiger partial charge in [0.25, 0.3) is 0 Å². The van der Waals surface area contributed by atoms with Crippen molar-refractivity contribution in [3.05, 3.63) is 138 Å². The molecule has 0 spiro atoms. The zero-order chi connectivity index (χ0) is 29.7. The van der Waals surface area contributed by atoms with Gasteiger partial charge >= 0.3 is 6.11 Å². The van der Waals surface area contributed by atoms with Crippen molar-refractivity contribution in [2.45, 2.75) is 38.7 Å². The first kappa shape index (κ1) is 29.1. The maximum Gasteiger partial charge on any atom is 0.429 e. The summed E-state index contributed by atoms with van der Waals surface area (Å²) in [6, 6.07) is 27.4. The van der Waals surface area contributed by atoms with Gasteiger partial charge in [-0.25, -0.2) is 13.2 Å². The molecule has 0 unspecified atom stereocenters. The first-order valence-corrected chi connectivity index (χ1v) is 13.9. The third-order valence-electron chi connectivity index (χ3n) is 7.20. The third-order valence-corrected chi connectivity index (χ3v) is 7.20. The van der Waals surface area contributed by atoms with E-state index in [0.29, 0.717) is 22.3 Å². The van der Waals surface area contributed by atoms with Crippen LogP contribution in [0.5, 0.6) is 5.75 Å². The van der Waals surface area contributed by atoms with E-state index >= 15 is 4.39 Å². The number of rotatable bonds is 10. The molecule has 0 aliphatic carbocycles. The summed E-state index contributed by atoms with van der Waals surface area (Å²) in [5.74, 6) is -2.42. The highest BCUT2D eigenvalue weighted by Gasteiger charge is 2.37. The van der Waals surface area contributed by atoms with Gasteiger partial charge < -0.3 is 4.74 Å². The molecule has 0 saturated heterocycles. The fourth-order valence-corrected chi connectivity index (χ4v) is 4.85. The Kier molecular flexibility index (Phi) is 8.72. The highest BCUT2D eigenvalue weighted by molar-refractivity contribution is 5.74. The molecular weight excluding hydrogens is 543 g/mol. The van der Waals surface area contributed by atoms with Gasteiger partial charge in [-0.15, -0.1) is 0 Å². The van der Waals surface area contributed by atoms with Gasteiger partial charge in [0, 0.05) is 5.56 Å². The topological polar surface area (TPSA) is 9.23 Å². The first-order chi connectivity index (χ1) is 20.2. The number of benzene rings is 5. The van der Waals surface area contributed by atoms with Crippen LogP contribution >= 0.6 is 0 Å². The summed E-state index contributed by atoms with van der Waals surface area (Å²) in [6.45, 7) is 2.18. The summed E-state index contributed by atoms with van der Waals surface area (Å²) in [7, 11) is 0. The summed E-state index contributed by atoms with van der Waals surface area (Å²) in [5.41, 5.74) is 4.03. The maximum absolute atomic E-state index is 15.2. The second-order valence-corrected chi connectivity index (χ2v) is 10.2. The molecule has 0 aromatic heterocycles. The van der Waals surface area contributed by atoms with Gasteiger partial charge in [0.15, 0.2) is 0 Å². The Morgan fingerprint density at radius 2 is 1.12 bits per heavy atom. The van der Waals surface area contributed by atoms with Gasteiger partial charge in [-0.2, -0.15) is 8.78 Å². The number of aryl methyl sites for hydroxylation is 1. The lowest BCUT2D eigenvalue weighted by molar-refractivity contribution is -0.187. The number of ether oxygens (including phenoxy) is 1. The summed E-state index contributed by atoms with van der Waals surface area (Å²) >= 11 is 0. The van der Waals surface area contributed by atoms with Crippen LogP contribution in [0.4, 0.5) is 22.0 Å². The molecule has 6 heteroatoms. The fraction of sp³-hybridized carbons (Fsp3) is 0.167. The Labute approximate surface area is 242 Å². The molecule has 0 saturated carbocycles. The normalized spacial score (nSPS) is 11.5. The van der Waals surface area contributed by atoms with Crippen molar-refractivity contribution in [2.24, 2.45) is 0 Å². The van der Waals surface area contributed by atoms with Crippen LogP contribution in [0.1, 0.15) is 37.3 Å². The molecule has 0 bridgehead atoms. The van der Waals surface area contributed by atoms with Gasteiger partial charge in [0.2, 0.25) is 0 Å². The Hall–Kier alpha value is -4.45. The van der Waals surface area contributed by atoms with E-state index in [1.807, 2.05) is 18.2 Å². The molecule has 0 N–H and O–H groups in total. The quantitative estimate of drug-likeness (QED) is 0.119. The Bertz CT molecular complexity index is 1640. The summed E-state index contributed by atoms with van der Waals surface area (Å²) in [6.07, 6.45) is 0.600. The largest absolute Gasteiger partial charge is 0.429 e. The van der Waals surface area contributed by atoms with Gasteiger partial charge in [0.05, 0.1) is 5.56 Å². The zero-order valence-electron chi connectivity index (χ0n) is 23.0. The van der Waals surface area contributed by atoms with Crippen molar-refractivity contribution in [1.29, 1.82) is 0 Å². The Morgan fingerprint density at radius 3 is 1.71 bits per heavy atom. The number of halogens is 5. The fourth-order valence-electron chi connectivity index (χ4n) is 4.85. The lowest BCUT2D eigenvalue weighted by Gasteiger charge is -2.19. The number of unbranched alkanes of at least 4 members (excludes halogenated alkanes) is 2. The third kappa shape index (κ3) is 6.71. The van der Waals surface area contributed by atoms with E-state index < -0.39 is 23.3 Å². The van der Waals surface area contributed by atoms with Crippen LogP contribution in [-0.4, -0.2) is 0 Å². The molecule has 214 valence electrons. The van der Waals surface area contributed by atoms with Crippen LogP contribution in [0.25, 0.3) is 33.4 Å². The van der Waals surface area contributed by atoms with Gasteiger partial charge in [-0.3, -0.25) is 0 Å². The van der Waals surface area contributed by atoms with Crippen molar-refractivity contribution in [2.75, 3.05) is 0 Å². The van der Waals surface area contributed by atoms with Crippen molar-refractivity contribution < 1.29 is 26.7 Å². The molecule has 0 radical (unpaired) electrons. The molecule has 0 aliphatic heterocycles. The summed E-state index contributed by atoms with van der Waals surface area (Å²) < 4.78 is 76.9. The SMILES string of the molecule is CCCCCc1ccc(-c2ccc(-c3ccc(-c4ccc(C(F)(F)Oc5ccc(F)cc5)c(F)c4)cc3)c(F)c2)cc1. The van der Waals surface area contributed by atoms with Crippen molar-refractivity contribution in [3.8, 4) is 39.1 Å². The Balaban J connectivity index is 1.30. The minimum Gasteiger partial charge on any atom is -0.429 e. The van der Waals surface area contributed by atoms with Crippen LogP contribution < -0.4 is 4.74 Å². The van der Waals surface area contributed by atoms with Gasteiger partial charge in [-0.05, 0) is 88.7 Å². The zero-order valence-corrected chi connectivity index (χ0v) is 23.0. The summed E-state index contributed by atoms with van der Waals surface area (Å²) in [5, 5.41) is 0. The molecule has 1 nitrogen and oxygen atoms in total. The molecule has 0 aliphatic rings. The van der Waals surface area contributed by atoms with Crippen LogP contribution in [0.15, 0.2) is 109 Å². The predicted octanol–water partition coefficient (Wildman–Crippen LogP) is 11.0. The van der Waals surface area contributed by atoms with Crippen LogP contribution in [0.3, 0.4) is 0 Å². The molecule has 0 atom stereocenters. The van der Waals surface area contributed by atoms with Crippen LogP contribution in [0, 0.1) is 17.5 Å². The lowest BCUT2D eigenvalue weighted by Crippen LogP contribution is -2.23. The van der Waals surface area contributed by atoms with E-state index in [4.69, 9.17) is 0 Å². The van der Waals surface area contributed by atoms with E-state index in [0.717, 1.165) is 60.4 Å². The monoisotopic (exact) mass is 572 g/mol. The van der Waals surface area contributed by atoms with Crippen molar-refractivity contribution in [1.82, 2.24) is 0 Å². The van der Waals surface area contributed by atoms with Gasteiger partial charge in [0.1, 0.15) is 23.2 Å². The molecule has 0 amide bonds. The van der Waals surface area contributed by atoms with E-state index in [-0.39, 0.29) is 11.6 Å². The maximum atomic E-state index is 15.2. The molecule has 5 aromatic rings. The van der Waals surface area contributed by atoms with E-state index in [1.165, 1.54) is 30.5 Å². The molecule has 0 heterocycles. The minimum absolute atomic E-state index is 0.295. The van der Waals surface area contributed by atoms with Gasteiger partial charge in [-0.1, -0.05) is 86.5 Å². The number of alkyl halides is 2. The average molecular weight is 573 g/mol. The number of hydrogen-bond donors (Lipinski definition) is 0. The Morgan fingerprint density at radius 1 is 0.571 bits per heavy atom. The molecule has 0 fully saturated rings. The minimum atomic E-state index is -3.97. The first-order valence-electron chi connectivity index (χ1n) is 13.9. The standard InChI is InChI=1S/C36H29F5O/c1-2-3-4-5-24-6-8-25(9-7-24)28-14-20-32(34(38)22-28)27-12-10-26(11-13-27)29-15-21-33(35(39)23-29)36(40,41)42-31-18-16-30(37)17-19-31/h6-23H,2-5H2,1H3. The smallest absolute Gasteiger partial charge is 0.429 e. The van der Waals surface area contributed by atoms with Crippen LogP contribution in [0.2, 0.25) is 0 Å². The molecule has 5 rings (SSSR count). The number of hydrogen-bond acceptors (Lipinski definition) is 1. The molecule has 5 aromatic carbocycles. The highest BCUT2D eigenvalue weighted by atomic mass is 19.3. The van der Waals surface area contributed by atoms with E-state index in [2.05, 4.69) is 23.8 Å². The predicted molar refractivity (Wildman–Crippen MR) is 157 cm³/mol. The molecule has 42 heavy (non-hydrogen) atoms. The second kappa shape index (κ2) is 12.6. The highest BCUT2D eigenvalue weighted by Crippen LogP contribution is 2.36. The molecular formula is C36H29F5O. The van der Waals surface area contributed by atoms with E-state index in [1.54, 1.807) is 30.3 Å².